The minimum Gasteiger partial charge on any atom is -0.0830 e. The van der Waals surface area contributed by atoms with Crippen LogP contribution in [0, 0.1) is 0 Å². The maximum Gasteiger partial charge on any atom is 0.0563 e. The van der Waals surface area contributed by atoms with E-state index >= 15 is 0 Å². The molecule has 2 heteroatoms. The number of hydrogen-bond acceptors (Lipinski definition) is 0. The Kier molecular flexibility index (Phi) is 3.90. The first-order valence-corrected chi connectivity index (χ1v) is 7.52. The molecule has 0 atom stereocenters. The largest absolute Gasteiger partial charge is 0.0830 e. The summed E-state index contributed by atoms with van der Waals surface area (Å²) in [5, 5.41) is 0.783. The van der Waals surface area contributed by atoms with Gasteiger partial charge in [0.2, 0.25) is 0 Å². The smallest absolute Gasteiger partial charge is 0.0563 e. The minimum absolute atomic E-state index is 0.783. The lowest BCUT2D eigenvalue weighted by atomic mass is 9.99. The highest BCUT2D eigenvalue weighted by Gasteiger charge is 2.11. The highest BCUT2D eigenvalue weighted by molar-refractivity contribution is 9.10. The summed E-state index contributed by atoms with van der Waals surface area (Å²) in [7, 11) is 0. The molecule has 20 heavy (non-hydrogen) atoms. The van der Waals surface area contributed by atoms with E-state index in [2.05, 4.69) is 52.3 Å². The quantitative estimate of drug-likeness (QED) is 0.502. The third kappa shape index (κ3) is 2.65. The molecule has 0 fully saturated rings. The molecule has 0 aromatic heterocycles. The molecule has 0 saturated heterocycles. The zero-order valence-electron chi connectivity index (χ0n) is 10.7. The van der Waals surface area contributed by atoms with Gasteiger partial charge in [0.05, 0.1) is 5.02 Å². The van der Waals surface area contributed by atoms with E-state index in [0.29, 0.717) is 0 Å². The maximum atomic E-state index is 6.63. The molecule has 0 radical (unpaired) electrons. The van der Waals surface area contributed by atoms with Gasteiger partial charge >= 0.3 is 0 Å². The van der Waals surface area contributed by atoms with Crippen molar-refractivity contribution in [2.45, 2.75) is 0 Å². The molecular weight excluding hydrogens is 332 g/mol. The van der Waals surface area contributed by atoms with Gasteiger partial charge < -0.3 is 0 Å². The van der Waals surface area contributed by atoms with E-state index < -0.39 is 0 Å². The van der Waals surface area contributed by atoms with Crippen LogP contribution in [0.5, 0.6) is 0 Å². The molecule has 0 heterocycles. The van der Waals surface area contributed by atoms with Crippen molar-refractivity contribution in [1.82, 2.24) is 0 Å². The Morgan fingerprint density at radius 2 is 1.05 bits per heavy atom. The normalized spacial score (nSPS) is 10.5. The van der Waals surface area contributed by atoms with Crippen molar-refractivity contribution < 1.29 is 0 Å². The third-order valence-corrected chi connectivity index (χ3v) is 4.07. The molecule has 3 aromatic carbocycles. The van der Waals surface area contributed by atoms with Crippen LogP contribution in [-0.2, 0) is 0 Å². The summed E-state index contributed by atoms with van der Waals surface area (Å²) < 4.78 is 1.03. The minimum atomic E-state index is 0.783. The second-order valence-corrected chi connectivity index (χ2v) is 5.84. The first kappa shape index (κ1) is 13.4. The Balaban J connectivity index is 2.22. The Hall–Kier alpha value is -1.57. The number of benzene rings is 3. The van der Waals surface area contributed by atoms with Gasteiger partial charge in [-0.05, 0) is 23.3 Å². The fourth-order valence-corrected chi connectivity index (χ4v) is 3.03. The summed E-state index contributed by atoms with van der Waals surface area (Å²) >= 11 is 10.2. The molecule has 0 amide bonds. The molecule has 0 unspecified atom stereocenters. The van der Waals surface area contributed by atoms with Gasteiger partial charge in [0.1, 0.15) is 0 Å². The van der Waals surface area contributed by atoms with Gasteiger partial charge in [-0.25, -0.2) is 0 Å². The summed E-state index contributed by atoms with van der Waals surface area (Å²) in [5.74, 6) is 0. The maximum absolute atomic E-state index is 6.63. The zero-order chi connectivity index (χ0) is 13.9. The van der Waals surface area contributed by atoms with Crippen molar-refractivity contribution in [3.05, 3.63) is 82.3 Å². The Labute approximate surface area is 132 Å². The molecule has 0 nitrogen and oxygen atoms in total. The summed E-state index contributed by atoms with van der Waals surface area (Å²) in [6.07, 6.45) is 0. The van der Waals surface area contributed by atoms with Gasteiger partial charge in [0, 0.05) is 15.6 Å². The van der Waals surface area contributed by atoms with Crippen molar-refractivity contribution in [2.75, 3.05) is 0 Å². The molecule has 3 aromatic rings. The van der Waals surface area contributed by atoms with Crippen LogP contribution < -0.4 is 0 Å². The van der Waals surface area contributed by atoms with Crippen molar-refractivity contribution in [2.24, 2.45) is 0 Å². The third-order valence-electron chi connectivity index (χ3n) is 3.21. The number of rotatable bonds is 2. The van der Waals surface area contributed by atoms with E-state index in [1.54, 1.807) is 0 Å². The van der Waals surface area contributed by atoms with Gasteiger partial charge in [-0.2, -0.15) is 0 Å². The van der Waals surface area contributed by atoms with E-state index in [-0.39, 0.29) is 0 Å². The summed E-state index contributed by atoms with van der Waals surface area (Å²) in [5.41, 5.74) is 4.33. The average molecular weight is 344 g/mol. The SMILES string of the molecule is Clc1c(-c2ccccc2)cc(Br)cc1-c1ccccc1. The topological polar surface area (TPSA) is 0 Å². The standard InChI is InChI=1S/C18H12BrCl/c19-15-11-16(13-7-3-1-4-8-13)18(20)17(12-15)14-9-5-2-6-10-14/h1-12H. The molecule has 0 bridgehead atoms. The van der Waals surface area contributed by atoms with Crippen molar-refractivity contribution >= 4 is 27.5 Å². The second-order valence-electron chi connectivity index (χ2n) is 4.55. The Morgan fingerprint density at radius 3 is 1.45 bits per heavy atom. The van der Waals surface area contributed by atoms with Crippen LogP contribution in [0.2, 0.25) is 5.02 Å². The Morgan fingerprint density at radius 1 is 0.650 bits per heavy atom. The Bertz CT molecular complexity index is 660. The molecule has 0 spiro atoms. The van der Waals surface area contributed by atoms with E-state index in [1.165, 1.54) is 0 Å². The number of hydrogen-bond donors (Lipinski definition) is 0. The van der Waals surface area contributed by atoms with E-state index in [4.69, 9.17) is 11.6 Å². The fourth-order valence-electron chi connectivity index (χ4n) is 2.24. The monoisotopic (exact) mass is 342 g/mol. The average Bonchev–Trinajstić information content (AvgIpc) is 2.51. The van der Waals surface area contributed by atoms with Crippen LogP contribution in [0.3, 0.4) is 0 Å². The lowest BCUT2D eigenvalue weighted by Crippen LogP contribution is -1.85. The zero-order valence-corrected chi connectivity index (χ0v) is 13.0. The van der Waals surface area contributed by atoms with E-state index in [0.717, 1.165) is 31.7 Å². The van der Waals surface area contributed by atoms with Crippen molar-refractivity contribution in [3.63, 3.8) is 0 Å². The van der Waals surface area contributed by atoms with E-state index in [9.17, 15) is 0 Å². The molecule has 0 aliphatic rings. The van der Waals surface area contributed by atoms with Crippen LogP contribution in [0.15, 0.2) is 77.3 Å². The molecule has 0 saturated carbocycles. The highest BCUT2D eigenvalue weighted by atomic mass is 79.9. The molecule has 3 rings (SSSR count). The molecule has 0 N–H and O–H groups in total. The molecule has 98 valence electrons. The van der Waals surface area contributed by atoms with Gasteiger partial charge in [0.25, 0.3) is 0 Å². The summed E-state index contributed by atoms with van der Waals surface area (Å²) in [4.78, 5) is 0. The van der Waals surface area contributed by atoms with Crippen LogP contribution in [-0.4, -0.2) is 0 Å². The van der Waals surface area contributed by atoms with Crippen LogP contribution in [0.1, 0.15) is 0 Å². The van der Waals surface area contributed by atoms with Crippen molar-refractivity contribution in [1.29, 1.82) is 0 Å². The fraction of sp³-hybridized carbons (Fsp3) is 0. The lowest BCUT2D eigenvalue weighted by molar-refractivity contribution is 1.56. The van der Waals surface area contributed by atoms with Gasteiger partial charge in [-0.15, -0.1) is 0 Å². The molecule has 0 aliphatic carbocycles. The van der Waals surface area contributed by atoms with Crippen LogP contribution in [0.25, 0.3) is 22.3 Å². The number of halogens is 2. The molecule has 0 aliphatic heterocycles. The molecular formula is C18H12BrCl. The van der Waals surface area contributed by atoms with Crippen LogP contribution in [0.4, 0.5) is 0 Å². The highest BCUT2D eigenvalue weighted by Crippen LogP contribution is 2.38. The summed E-state index contributed by atoms with van der Waals surface area (Å²) in [6, 6.07) is 24.5. The van der Waals surface area contributed by atoms with Gasteiger partial charge in [0.15, 0.2) is 0 Å². The first-order valence-electron chi connectivity index (χ1n) is 6.35. The van der Waals surface area contributed by atoms with Gasteiger partial charge in [-0.1, -0.05) is 88.2 Å². The van der Waals surface area contributed by atoms with Crippen LogP contribution >= 0.6 is 27.5 Å². The van der Waals surface area contributed by atoms with Crippen molar-refractivity contribution in [3.8, 4) is 22.3 Å². The summed E-state index contributed by atoms with van der Waals surface area (Å²) in [6.45, 7) is 0. The van der Waals surface area contributed by atoms with E-state index in [1.807, 2.05) is 36.4 Å². The predicted octanol–water partition coefficient (Wildman–Crippen LogP) is 6.44. The predicted molar refractivity (Wildman–Crippen MR) is 90.0 cm³/mol. The van der Waals surface area contributed by atoms with Gasteiger partial charge in [-0.3, -0.25) is 0 Å². The second kappa shape index (κ2) is 5.82. The first-order chi connectivity index (χ1) is 9.75. The lowest BCUT2D eigenvalue weighted by Gasteiger charge is -2.11.